The highest BCUT2D eigenvalue weighted by Gasteiger charge is 2.33. The van der Waals surface area contributed by atoms with E-state index in [1.54, 1.807) is 4.90 Å². The summed E-state index contributed by atoms with van der Waals surface area (Å²) < 4.78 is 0. The zero-order valence-electron chi connectivity index (χ0n) is 9.95. The van der Waals surface area contributed by atoms with E-state index in [2.05, 4.69) is 25.8 Å². The van der Waals surface area contributed by atoms with Gasteiger partial charge in [-0.3, -0.25) is 9.69 Å². The summed E-state index contributed by atoms with van der Waals surface area (Å²) in [5.74, 6) is 1.59. The van der Waals surface area contributed by atoms with E-state index in [-0.39, 0.29) is 11.9 Å². The zero-order valence-corrected chi connectivity index (χ0v) is 9.95. The predicted molar refractivity (Wildman–Crippen MR) is 58.1 cm³/mol. The number of piperidine rings is 1. The quantitative estimate of drug-likeness (QED) is 0.629. The van der Waals surface area contributed by atoms with Crippen LogP contribution in [0.4, 0.5) is 0 Å². The molecule has 14 heavy (non-hydrogen) atoms. The van der Waals surface area contributed by atoms with E-state index in [1.807, 2.05) is 14.1 Å². The number of hydrogen-bond acceptors (Lipinski definition) is 2. The molecule has 0 N–H and O–H groups in total. The fourth-order valence-corrected chi connectivity index (χ4v) is 2.11. The third-order valence-electron chi connectivity index (χ3n) is 3.40. The molecule has 0 aliphatic carbocycles. The van der Waals surface area contributed by atoms with Crippen molar-refractivity contribution in [3.05, 3.63) is 0 Å². The molecule has 1 saturated heterocycles. The van der Waals surface area contributed by atoms with E-state index in [1.165, 1.54) is 0 Å². The molecule has 82 valence electrons. The number of carbonyl (C=O) groups excluding carboxylic acids is 1. The molecule has 1 rings (SSSR count). The van der Waals surface area contributed by atoms with Crippen molar-refractivity contribution in [3.8, 4) is 0 Å². The van der Waals surface area contributed by atoms with Crippen molar-refractivity contribution in [3.63, 3.8) is 0 Å². The molecule has 1 aliphatic rings. The van der Waals surface area contributed by atoms with Crippen molar-refractivity contribution in [2.24, 2.45) is 11.8 Å². The summed E-state index contributed by atoms with van der Waals surface area (Å²) >= 11 is 0. The summed E-state index contributed by atoms with van der Waals surface area (Å²) in [5.41, 5.74) is 0. The van der Waals surface area contributed by atoms with Crippen molar-refractivity contribution in [2.45, 2.75) is 26.3 Å². The Kier molecular flexibility index (Phi) is 3.53. The van der Waals surface area contributed by atoms with Crippen LogP contribution in [0.1, 0.15) is 20.3 Å². The van der Waals surface area contributed by atoms with Gasteiger partial charge in [0, 0.05) is 20.6 Å². The summed E-state index contributed by atoms with van der Waals surface area (Å²) in [7, 11) is 5.71. The SMILES string of the molecule is CC1CC(C(=O)N(C)C)N(C)CC1C. The van der Waals surface area contributed by atoms with Crippen LogP contribution in [0.3, 0.4) is 0 Å². The third kappa shape index (κ3) is 2.27. The van der Waals surface area contributed by atoms with Crippen LogP contribution in [0, 0.1) is 11.8 Å². The summed E-state index contributed by atoms with van der Waals surface area (Å²) in [6, 6.07) is 0.0937. The highest BCUT2D eigenvalue weighted by atomic mass is 16.2. The highest BCUT2D eigenvalue weighted by Crippen LogP contribution is 2.26. The molecule has 3 nitrogen and oxygen atoms in total. The zero-order chi connectivity index (χ0) is 10.9. The summed E-state index contributed by atoms with van der Waals surface area (Å²) in [6.45, 7) is 5.54. The van der Waals surface area contributed by atoms with Crippen LogP contribution in [0.25, 0.3) is 0 Å². The Balaban J connectivity index is 2.66. The van der Waals surface area contributed by atoms with Gasteiger partial charge in [-0.05, 0) is 25.3 Å². The molecule has 1 aliphatic heterocycles. The standard InChI is InChI=1S/C11H22N2O/c1-8-6-10(11(14)12(3)4)13(5)7-9(8)2/h8-10H,6-7H2,1-5H3. The highest BCUT2D eigenvalue weighted by molar-refractivity contribution is 5.81. The van der Waals surface area contributed by atoms with Crippen LogP contribution in [0.2, 0.25) is 0 Å². The molecule has 0 aromatic heterocycles. The number of likely N-dealkylation sites (tertiary alicyclic amines) is 1. The van der Waals surface area contributed by atoms with E-state index in [0.717, 1.165) is 13.0 Å². The van der Waals surface area contributed by atoms with Gasteiger partial charge in [0.05, 0.1) is 6.04 Å². The largest absolute Gasteiger partial charge is 0.347 e. The molecule has 0 bridgehead atoms. The molecular weight excluding hydrogens is 176 g/mol. The third-order valence-corrected chi connectivity index (χ3v) is 3.40. The number of rotatable bonds is 1. The fourth-order valence-electron chi connectivity index (χ4n) is 2.11. The molecule has 0 radical (unpaired) electrons. The Morgan fingerprint density at radius 3 is 2.36 bits per heavy atom. The van der Waals surface area contributed by atoms with Gasteiger partial charge >= 0.3 is 0 Å². The van der Waals surface area contributed by atoms with Gasteiger partial charge in [-0.15, -0.1) is 0 Å². The van der Waals surface area contributed by atoms with Crippen LogP contribution in [-0.4, -0.2) is 49.4 Å². The molecule has 0 saturated carbocycles. The van der Waals surface area contributed by atoms with E-state index in [4.69, 9.17) is 0 Å². The maximum absolute atomic E-state index is 11.8. The van der Waals surface area contributed by atoms with Gasteiger partial charge in [-0.2, -0.15) is 0 Å². The van der Waals surface area contributed by atoms with Crippen molar-refractivity contribution < 1.29 is 4.79 Å². The average Bonchev–Trinajstić information content (AvgIpc) is 2.10. The lowest BCUT2D eigenvalue weighted by Gasteiger charge is -2.39. The molecule has 0 aromatic rings. The summed E-state index contributed by atoms with van der Waals surface area (Å²) in [6.07, 6.45) is 0.995. The number of likely N-dealkylation sites (N-methyl/N-ethyl adjacent to an activating group) is 2. The Morgan fingerprint density at radius 1 is 1.29 bits per heavy atom. The maximum atomic E-state index is 11.8. The van der Waals surface area contributed by atoms with E-state index in [0.29, 0.717) is 11.8 Å². The van der Waals surface area contributed by atoms with Crippen LogP contribution in [0.5, 0.6) is 0 Å². The predicted octanol–water partition coefficient (Wildman–Crippen LogP) is 1.05. The first-order valence-electron chi connectivity index (χ1n) is 5.35. The normalized spacial score (nSPS) is 34.2. The van der Waals surface area contributed by atoms with Crippen molar-refractivity contribution in [2.75, 3.05) is 27.7 Å². The first-order valence-corrected chi connectivity index (χ1v) is 5.35. The van der Waals surface area contributed by atoms with Crippen LogP contribution >= 0.6 is 0 Å². The van der Waals surface area contributed by atoms with Gasteiger partial charge in [-0.1, -0.05) is 13.8 Å². The minimum Gasteiger partial charge on any atom is -0.347 e. The van der Waals surface area contributed by atoms with Crippen molar-refractivity contribution >= 4 is 5.91 Å². The second-order valence-corrected chi connectivity index (χ2v) is 4.88. The average molecular weight is 198 g/mol. The van der Waals surface area contributed by atoms with Crippen LogP contribution < -0.4 is 0 Å². The first-order chi connectivity index (χ1) is 6.43. The first kappa shape index (κ1) is 11.5. The lowest BCUT2D eigenvalue weighted by Crippen LogP contribution is -2.51. The maximum Gasteiger partial charge on any atom is 0.239 e. The fraction of sp³-hybridized carbons (Fsp3) is 0.909. The number of amides is 1. The molecule has 0 aromatic carbocycles. The van der Waals surface area contributed by atoms with Gasteiger partial charge in [0.15, 0.2) is 0 Å². The molecule has 3 atom stereocenters. The van der Waals surface area contributed by atoms with Crippen LogP contribution in [-0.2, 0) is 4.79 Å². The van der Waals surface area contributed by atoms with Gasteiger partial charge in [0.1, 0.15) is 0 Å². The lowest BCUT2D eigenvalue weighted by molar-refractivity contribution is -0.136. The van der Waals surface area contributed by atoms with Crippen molar-refractivity contribution in [1.82, 2.24) is 9.80 Å². The van der Waals surface area contributed by atoms with Crippen molar-refractivity contribution in [1.29, 1.82) is 0 Å². The minimum absolute atomic E-state index is 0.0937. The molecule has 1 fully saturated rings. The lowest BCUT2D eigenvalue weighted by atomic mass is 9.84. The van der Waals surface area contributed by atoms with E-state index < -0.39 is 0 Å². The number of hydrogen-bond donors (Lipinski definition) is 0. The molecular formula is C11H22N2O. The topological polar surface area (TPSA) is 23.6 Å². The van der Waals surface area contributed by atoms with E-state index in [9.17, 15) is 4.79 Å². The monoisotopic (exact) mass is 198 g/mol. The molecule has 1 heterocycles. The van der Waals surface area contributed by atoms with Crippen LogP contribution in [0.15, 0.2) is 0 Å². The Morgan fingerprint density at radius 2 is 1.86 bits per heavy atom. The van der Waals surface area contributed by atoms with Gasteiger partial charge in [-0.25, -0.2) is 0 Å². The number of carbonyl (C=O) groups is 1. The van der Waals surface area contributed by atoms with Gasteiger partial charge in [0.25, 0.3) is 0 Å². The molecule has 1 amide bonds. The summed E-state index contributed by atoms with van der Waals surface area (Å²) in [5, 5.41) is 0. The smallest absolute Gasteiger partial charge is 0.239 e. The van der Waals surface area contributed by atoms with E-state index >= 15 is 0 Å². The summed E-state index contributed by atoms with van der Waals surface area (Å²) in [4.78, 5) is 15.7. The Bertz CT molecular complexity index is 215. The van der Waals surface area contributed by atoms with Gasteiger partial charge in [0.2, 0.25) is 5.91 Å². The second-order valence-electron chi connectivity index (χ2n) is 4.88. The molecule has 3 heteroatoms. The Labute approximate surface area is 87.1 Å². The van der Waals surface area contributed by atoms with Gasteiger partial charge < -0.3 is 4.90 Å². The Hall–Kier alpha value is -0.570. The molecule has 3 unspecified atom stereocenters. The molecule has 0 spiro atoms. The second kappa shape index (κ2) is 4.30. The minimum atomic E-state index is 0.0937. The number of nitrogens with zero attached hydrogens (tertiary/aromatic N) is 2.